The van der Waals surface area contributed by atoms with Crippen LogP contribution >= 0.6 is 0 Å². The van der Waals surface area contributed by atoms with Gasteiger partial charge in [-0.2, -0.15) is 0 Å². The van der Waals surface area contributed by atoms with Gasteiger partial charge in [-0.15, -0.1) is 0 Å². The van der Waals surface area contributed by atoms with E-state index < -0.39 is 6.29 Å². The second-order valence-corrected chi connectivity index (χ2v) is 8.14. The molecule has 1 saturated heterocycles. The second-order valence-electron chi connectivity index (χ2n) is 8.14. The van der Waals surface area contributed by atoms with Crippen LogP contribution < -0.4 is 16.0 Å². The number of rotatable bonds is 4. The number of para-hydroxylation sites is 1. The number of carbonyl (C=O) groups is 1. The first-order valence-electron chi connectivity index (χ1n) is 10.6. The Hall–Kier alpha value is -3.51. The molecule has 0 saturated carbocycles. The number of aryl methyl sites for hydroxylation is 1. The lowest BCUT2D eigenvalue weighted by atomic mass is 9.88. The molecule has 2 heterocycles. The maximum absolute atomic E-state index is 13.0. The molecule has 3 aromatic carbocycles. The van der Waals surface area contributed by atoms with Crippen molar-refractivity contribution in [1.29, 1.82) is 0 Å². The SMILES string of the molecule is Cc1nc(NC2NC(=O)C(Cc3cccc4ccccc34)C(C)N2)nc2ccccc12. The van der Waals surface area contributed by atoms with E-state index >= 15 is 0 Å². The van der Waals surface area contributed by atoms with E-state index in [4.69, 9.17) is 0 Å². The number of anilines is 1. The molecule has 4 aromatic rings. The highest BCUT2D eigenvalue weighted by Gasteiger charge is 2.34. The summed E-state index contributed by atoms with van der Waals surface area (Å²) in [6, 6.07) is 22.5. The van der Waals surface area contributed by atoms with Crippen LogP contribution in [-0.2, 0) is 11.2 Å². The summed E-state index contributed by atoms with van der Waals surface area (Å²) in [5, 5.41) is 13.1. The fraction of sp³-hybridized carbons (Fsp3) is 0.240. The van der Waals surface area contributed by atoms with Crippen LogP contribution in [0.4, 0.5) is 5.95 Å². The van der Waals surface area contributed by atoms with Gasteiger partial charge in [0.25, 0.3) is 0 Å². The average molecular weight is 412 g/mol. The number of nitrogens with zero attached hydrogens (tertiary/aromatic N) is 2. The average Bonchev–Trinajstić information content (AvgIpc) is 2.76. The number of hydrogen-bond donors (Lipinski definition) is 3. The van der Waals surface area contributed by atoms with Crippen LogP contribution in [0.15, 0.2) is 66.7 Å². The molecular formula is C25H25N5O. The number of carbonyl (C=O) groups excluding carboxylic acids is 1. The number of fused-ring (bicyclic) bond motifs is 2. The zero-order valence-corrected chi connectivity index (χ0v) is 17.6. The van der Waals surface area contributed by atoms with Gasteiger partial charge in [-0.1, -0.05) is 60.7 Å². The van der Waals surface area contributed by atoms with Gasteiger partial charge in [0.1, 0.15) is 0 Å². The minimum absolute atomic E-state index is 0.00762. The van der Waals surface area contributed by atoms with Crippen LogP contribution in [0, 0.1) is 12.8 Å². The fourth-order valence-corrected chi connectivity index (χ4v) is 4.38. The summed E-state index contributed by atoms with van der Waals surface area (Å²) in [4.78, 5) is 22.1. The monoisotopic (exact) mass is 411 g/mol. The Morgan fingerprint density at radius 1 is 0.935 bits per heavy atom. The zero-order valence-electron chi connectivity index (χ0n) is 17.6. The molecule has 1 aliphatic heterocycles. The van der Waals surface area contributed by atoms with Crippen molar-refractivity contribution < 1.29 is 4.79 Å². The van der Waals surface area contributed by atoms with Crippen LogP contribution in [0.25, 0.3) is 21.7 Å². The molecule has 3 N–H and O–H groups in total. The number of amides is 1. The van der Waals surface area contributed by atoms with Gasteiger partial charge in [0.15, 0.2) is 6.29 Å². The fourth-order valence-electron chi connectivity index (χ4n) is 4.38. The smallest absolute Gasteiger partial charge is 0.227 e. The number of aromatic nitrogens is 2. The molecule has 1 aromatic heterocycles. The van der Waals surface area contributed by atoms with Crippen molar-refractivity contribution in [2.24, 2.45) is 5.92 Å². The molecular weight excluding hydrogens is 386 g/mol. The third-order valence-corrected chi connectivity index (χ3v) is 6.04. The second kappa shape index (κ2) is 7.96. The van der Waals surface area contributed by atoms with Crippen molar-refractivity contribution in [2.75, 3.05) is 5.32 Å². The predicted molar refractivity (Wildman–Crippen MR) is 124 cm³/mol. The Morgan fingerprint density at radius 3 is 2.52 bits per heavy atom. The Balaban J connectivity index is 1.32. The van der Waals surface area contributed by atoms with Crippen molar-refractivity contribution in [3.63, 3.8) is 0 Å². The summed E-state index contributed by atoms with van der Waals surface area (Å²) in [6.45, 7) is 4.01. The van der Waals surface area contributed by atoms with E-state index in [-0.39, 0.29) is 17.9 Å². The largest absolute Gasteiger partial charge is 0.323 e. The Kier molecular flexibility index (Phi) is 5.00. The van der Waals surface area contributed by atoms with Crippen LogP contribution in [0.2, 0.25) is 0 Å². The number of hydrogen-bond acceptors (Lipinski definition) is 5. The maximum atomic E-state index is 13.0. The van der Waals surface area contributed by atoms with E-state index in [1.54, 1.807) is 0 Å². The Morgan fingerprint density at radius 2 is 1.68 bits per heavy atom. The van der Waals surface area contributed by atoms with Gasteiger partial charge in [0.05, 0.1) is 17.1 Å². The van der Waals surface area contributed by atoms with Crippen molar-refractivity contribution >= 4 is 33.5 Å². The zero-order chi connectivity index (χ0) is 21.4. The molecule has 1 fully saturated rings. The summed E-state index contributed by atoms with van der Waals surface area (Å²) < 4.78 is 0. The lowest BCUT2D eigenvalue weighted by Crippen LogP contribution is -2.63. The van der Waals surface area contributed by atoms with Gasteiger partial charge in [-0.25, -0.2) is 9.97 Å². The molecule has 5 rings (SSSR count). The van der Waals surface area contributed by atoms with Crippen molar-refractivity contribution in [1.82, 2.24) is 20.6 Å². The lowest BCUT2D eigenvalue weighted by Gasteiger charge is -2.36. The van der Waals surface area contributed by atoms with E-state index in [9.17, 15) is 4.79 Å². The van der Waals surface area contributed by atoms with Crippen molar-refractivity contribution in [3.8, 4) is 0 Å². The number of benzene rings is 3. The molecule has 156 valence electrons. The highest BCUT2D eigenvalue weighted by Crippen LogP contribution is 2.24. The topological polar surface area (TPSA) is 78.9 Å². The van der Waals surface area contributed by atoms with Crippen molar-refractivity contribution in [3.05, 3.63) is 78.0 Å². The van der Waals surface area contributed by atoms with E-state index in [2.05, 4.69) is 63.2 Å². The van der Waals surface area contributed by atoms with Crippen LogP contribution in [0.5, 0.6) is 0 Å². The Labute approximate surface area is 181 Å². The predicted octanol–water partition coefficient (Wildman–Crippen LogP) is 3.75. The molecule has 0 spiro atoms. The van der Waals surface area contributed by atoms with Gasteiger partial charge in [0, 0.05) is 11.4 Å². The molecule has 31 heavy (non-hydrogen) atoms. The van der Waals surface area contributed by atoms with E-state index in [0.717, 1.165) is 16.6 Å². The number of nitrogens with one attached hydrogen (secondary N) is 3. The van der Waals surface area contributed by atoms with Gasteiger partial charge < -0.3 is 10.6 Å². The van der Waals surface area contributed by atoms with Gasteiger partial charge in [0.2, 0.25) is 11.9 Å². The van der Waals surface area contributed by atoms with Gasteiger partial charge in [-0.05, 0) is 42.7 Å². The van der Waals surface area contributed by atoms with Crippen LogP contribution in [0.3, 0.4) is 0 Å². The minimum Gasteiger partial charge on any atom is -0.323 e. The summed E-state index contributed by atoms with van der Waals surface area (Å²) >= 11 is 0. The third kappa shape index (κ3) is 3.82. The molecule has 3 atom stereocenters. The van der Waals surface area contributed by atoms with Gasteiger partial charge >= 0.3 is 0 Å². The lowest BCUT2D eigenvalue weighted by molar-refractivity contribution is -0.128. The first-order valence-corrected chi connectivity index (χ1v) is 10.6. The summed E-state index contributed by atoms with van der Waals surface area (Å²) in [7, 11) is 0. The molecule has 0 bridgehead atoms. The van der Waals surface area contributed by atoms with E-state index in [1.807, 2.05) is 43.3 Å². The van der Waals surface area contributed by atoms with Crippen LogP contribution in [-0.4, -0.2) is 28.2 Å². The molecule has 3 unspecified atom stereocenters. The molecule has 1 amide bonds. The Bertz CT molecular complexity index is 1270. The normalized spacial score (nSPS) is 21.2. The highest BCUT2D eigenvalue weighted by molar-refractivity contribution is 5.87. The first kappa shape index (κ1) is 19.5. The maximum Gasteiger partial charge on any atom is 0.227 e. The van der Waals surface area contributed by atoms with E-state index in [0.29, 0.717) is 12.4 Å². The van der Waals surface area contributed by atoms with Crippen LogP contribution in [0.1, 0.15) is 18.2 Å². The molecule has 0 aliphatic carbocycles. The highest BCUT2D eigenvalue weighted by atomic mass is 16.2. The van der Waals surface area contributed by atoms with Gasteiger partial charge in [-0.3, -0.25) is 10.1 Å². The minimum atomic E-state index is -0.424. The van der Waals surface area contributed by atoms with E-state index in [1.165, 1.54) is 16.3 Å². The summed E-state index contributed by atoms with van der Waals surface area (Å²) in [6.07, 6.45) is 0.256. The van der Waals surface area contributed by atoms with Crippen molar-refractivity contribution in [2.45, 2.75) is 32.6 Å². The standard InChI is InChI=1S/C25H25N5O/c1-15-19-11-5-6-13-22(19)28-24(26-15)30-25-27-16(2)21(23(31)29-25)14-18-10-7-9-17-8-3-4-12-20(17)18/h3-13,16,21,25,27H,14H2,1-2H3,(H,29,31)(H,26,28,30). The summed E-state index contributed by atoms with van der Waals surface area (Å²) in [5.41, 5.74) is 2.96. The molecule has 6 nitrogen and oxygen atoms in total. The molecule has 0 radical (unpaired) electrons. The molecule has 6 heteroatoms. The quantitative estimate of drug-likeness (QED) is 0.477. The summed E-state index contributed by atoms with van der Waals surface area (Å²) in [5.74, 6) is 0.353. The molecule has 1 aliphatic rings. The third-order valence-electron chi connectivity index (χ3n) is 6.04. The first-order chi connectivity index (χ1) is 15.1.